The van der Waals surface area contributed by atoms with Crippen molar-refractivity contribution in [3.05, 3.63) is 102 Å². The van der Waals surface area contributed by atoms with Gasteiger partial charge in [-0.25, -0.2) is 0 Å². The Labute approximate surface area is 150 Å². The summed E-state index contributed by atoms with van der Waals surface area (Å²) in [6, 6.07) is 29.8. The van der Waals surface area contributed by atoms with Gasteiger partial charge in [-0.05, 0) is 50.1 Å². The molecular formula is C23H26S. The molecule has 0 saturated heterocycles. The highest BCUT2D eigenvalue weighted by Crippen LogP contribution is 2.19. The predicted octanol–water partition coefficient (Wildman–Crippen LogP) is 6.71. The van der Waals surface area contributed by atoms with Crippen LogP contribution in [0, 0.1) is 13.8 Å². The zero-order valence-corrected chi connectivity index (χ0v) is 15.4. The van der Waals surface area contributed by atoms with Crippen LogP contribution in [0.4, 0.5) is 0 Å². The maximum absolute atomic E-state index is 2.21. The molecule has 0 nitrogen and oxygen atoms in total. The third kappa shape index (κ3) is 7.52. The van der Waals surface area contributed by atoms with Crippen LogP contribution < -0.4 is 0 Å². The molecule has 0 aliphatic rings. The number of hydrogen-bond donors (Lipinski definition) is 0. The van der Waals surface area contributed by atoms with Gasteiger partial charge >= 0.3 is 0 Å². The molecule has 3 aromatic rings. The van der Waals surface area contributed by atoms with E-state index in [4.69, 9.17) is 0 Å². The quantitative estimate of drug-likeness (QED) is 0.369. The van der Waals surface area contributed by atoms with E-state index in [1.165, 1.54) is 40.2 Å². The first-order valence-electron chi connectivity index (χ1n) is 8.49. The molecule has 24 heavy (non-hydrogen) atoms. The van der Waals surface area contributed by atoms with Crippen LogP contribution in [0.15, 0.2) is 89.8 Å². The molecule has 0 N–H and O–H groups in total. The van der Waals surface area contributed by atoms with Crippen LogP contribution >= 0.6 is 11.8 Å². The normalized spacial score (nSPS) is 9.92. The van der Waals surface area contributed by atoms with Crippen molar-refractivity contribution in [3.63, 3.8) is 0 Å². The van der Waals surface area contributed by atoms with Gasteiger partial charge in [0.2, 0.25) is 0 Å². The first-order chi connectivity index (χ1) is 11.7. The van der Waals surface area contributed by atoms with Gasteiger partial charge in [-0.2, -0.15) is 0 Å². The molecule has 1 heteroatoms. The topological polar surface area (TPSA) is 0 Å². The number of benzene rings is 3. The Bertz CT molecular complexity index is 672. The summed E-state index contributed by atoms with van der Waals surface area (Å²) in [4.78, 5) is 1.38. The lowest BCUT2D eigenvalue weighted by atomic mass is 10.1. The summed E-state index contributed by atoms with van der Waals surface area (Å²) in [5.74, 6) is 1.19. The minimum atomic E-state index is 1.18. The van der Waals surface area contributed by atoms with Crippen LogP contribution in [0.25, 0.3) is 0 Å². The zero-order valence-electron chi connectivity index (χ0n) is 14.6. The molecule has 0 atom stereocenters. The van der Waals surface area contributed by atoms with Crippen LogP contribution in [-0.2, 0) is 6.42 Å². The van der Waals surface area contributed by atoms with Crippen molar-refractivity contribution in [2.45, 2.75) is 31.6 Å². The summed E-state index contributed by atoms with van der Waals surface area (Å²) >= 11 is 1.95. The summed E-state index contributed by atoms with van der Waals surface area (Å²) in [7, 11) is 0. The van der Waals surface area contributed by atoms with E-state index >= 15 is 0 Å². The highest BCUT2D eigenvalue weighted by atomic mass is 32.2. The van der Waals surface area contributed by atoms with Gasteiger partial charge in [0.1, 0.15) is 0 Å². The third-order valence-corrected chi connectivity index (χ3v) is 4.78. The van der Waals surface area contributed by atoms with Gasteiger partial charge in [-0.1, -0.05) is 83.9 Å². The summed E-state index contributed by atoms with van der Waals surface area (Å²) in [5, 5.41) is 0. The molecule has 0 radical (unpaired) electrons. The molecular weight excluding hydrogens is 308 g/mol. The van der Waals surface area contributed by atoms with Gasteiger partial charge in [0.05, 0.1) is 0 Å². The molecule has 3 rings (SSSR count). The fraction of sp³-hybridized carbons (Fsp3) is 0.217. The third-order valence-electron chi connectivity index (χ3n) is 3.68. The maximum atomic E-state index is 2.21. The molecule has 0 fully saturated rings. The van der Waals surface area contributed by atoms with Crippen LogP contribution in [-0.4, -0.2) is 5.75 Å². The first-order valence-corrected chi connectivity index (χ1v) is 9.47. The standard InChI is InChI=1S/C16H18S.C7H8/c1-14-9-11-16(12-10-14)17-13-5-8-15-6-3-2-4-7-15;1-7-5-3-2-4-6-7/h2-4,6-7,9-12H,5,8,13H2,1H3;2-6H,1H3. The van der Waals surface area contributed by atoms with Gasteiger partial charge in [0.15, 0.2) is 0 Å². The van der Waals surface area contributed by atoms with E-state index in [0.29, 0.717) is 0 Å². The molecule has 0 bridgehead atoms. The highest BCUT2D eigenvalue weighted by molar-refractivity contribution is 7.99. The lowest BCUT2D eigenvalue weighted by Crippen LogP contribution is -1.87. The van der Waals surface area contributed by atoms with E-state index in [-0.39, 0.29) is 0 Å². The van der Waals surface area contributed by atoms with Crippen LogP contribution in [0.2, 0.25) is 0 Å². The van der Waals surface area contributed by atoms with E-state index in [2.05, 4.69) is 80.6 Å². The average Bonchev–Trinajstić information content (AvgIpc) is 2.62. The molecule has 0 spiro atoms. The van der Waals surface area contributed by atoms with Gasteiger partial charge in [-0.3, -0.25) is 0 Å². The Morgan fingerprint density at radius 2 is 1.17 bits per heavy atom. The number of hydrogen-bond acceptors (Lipinski definition) is 1. The molecule has 0 saturated carbocycles. The van der Waals surface area contributed by atoms with Crippen LogP contribution in [0.3, 0.4) is 0 Å². The van der Waals surface area contributed by atoms with Gasteiger partial charge in [0, 0.05) is 4.90 Å². The van der Waals surface area contributed by atoms with Gasteiger partial charge in [0.25, 0.3) is 0 Å². The minimum absolute atomic E-state index is 1.18. The molecule has 0 amide bonds. The lowest BCUT2D eigenvalue weighted by Gasteiger charge is -2.02. The van der Waals surface area contributed by atoms with Crippen LogP contribution in [0.5, 0.6) is 0 Å². The second kappa shape index (κ2) is 10.7. The van der Waals surface area contributed by atoms with Gasteiger partial charge < -0.3 is 0 Å². The Morgan fingerprint density at radius 1 is 0.625 bits per heavy atom. The van der Waals surface area contributed by atoms with E-state index in [1.807, 2.05) is 30.0 Å². The Hall–Kier alpha value is -1.99. The maximum Gasteiger partial charge on any atom is 0.00721 e. The molecule has 3 aromatic carbocycles. The molecule has 0 aliphatic carbocycles. The van der Waals surface area contributed by atoms with E-state index in [1.54, 1.807) is 0 Å². The number of rotatable bonds is 5. The first kappa shape index (κ1) is 18.4. The molecule has 0 aliphatic heterocycles. The molecule has 0 heterocycles. The fourth-order valence-corrected chi connectivity index (χ4v) is 3.13. The molecule has 0 unspecified atom stereocenters. The summed E-state index contributed by atoms with van der Waals surface area (Å²) in [6.45, 7) is 4.21. The number of thioether (sulfide) groups is 1. The van der Waals surface area contributed by atoms with E-state index < -0.39 is 0 Å². The minimum Gasteiger partial charge on any atom is -0.126 e. The average molecular weight is 335 g/mol. The lowest BCUT2D eigenvalue weighted by molar-refractivity contribution is 0.933. The van der Waals surface area contributed by atoms with Crippen molar-refractivity contribution in [3.8, 4) is 0 Å². The Morgan fingerprint density at radius 3 is 1.71 bits per heavy atom. The largest absolute Gasteiger partial charge is 0.126 e. The van der Waals surface area contributed by atoms with E-state index in [9.17, 15) is 0 Å². The van der Waals surface area contributed by atoms with Crippen molar-refractivity contribution >= 4 is 11.8 Å². The Kier molecular flexibility index (Phi) is 8.20. The van der Waals surface area contributed by atoms with Crippen molar-refractivity contribution in [2.24, 2.45) is 0 Å². The summed E-state index contributed by atoms with van der Waals surface area (Å²) < 4.78 is 0. The van der Waals surface area contributed by atoms with Gasteiger partial charge in [-0.15, -0.1) is 11.8 Å². The highest BCUT2D eigenvalue weighted by Gasteiger charge is 1.95. The van der Waals surface area contributed by atoms with E-state index in [0.717, 1.165) is 0 Å². The second-order valence-electron chi connectivity index (χ2n) is 5.91. The summed E-state index contributed by atoms with van der Waals surface area (Å²) in [5.41, 5.74) is 4.10. The Balaban J connectivity index is 0.000000249. The van der Waals surface area contributed by atoms with Crippen molar-refractivity contribution < 1.29 is 0 Å². The molecule has 0 aromatic heterocycles. The number of aryl methyl sites for hydroxylation is 3. The predicted molar refractivity (Wildman–Crippen MR) is 108 cm³/mol. The second-order valence-corrected chi connectivity index (χ2v) is 7.07. The molecule has 124 valence electrons. The smallest absolute Gasteiger partial charge is 0.00721 e. The monoisotopic (exact) mass is 334 g/mol. The van der Waals surface area contributed by atoms with Crippen LogP contribution in [0.1, 0.15) is 23.1 Å². The van der Waals surface area contributed by atoms with Crippen molar-refractivity contribution in [1.82, 2.24) is 0 Å². The van der Waals surface area contributed by atoms with Crippen molar-refractivity contribution in [2.75, 3.05) is 5.75 Å². The zero-order chi connectivity index (χ0) is 17.0. The van der Waals surface area contributed by atoms with Crippen molar-refractivity contribution in [1.29, 1.82) is 0 Å². The summed E-state index contributed by atoms with van der Waals surface area (Å²) in [6.07, 6.45) is 2.42. The fourth-order valence-electron chi connectivity index (χ4n) is 2.28. The SMILES string of the molecule is Cc1ccc(SCCCc2ccccc2)cc1.Cc1ccccc1.